The molecule has 2 aromatic heterocycles. The van der Waals surface area contributed by atoms with Gasteiger partial charge in [-0.3, -0.25) is 10.1 Å². The summed E-state index contributed by atoms with van der Waals surface area (Å²) in [7, 11) is 0. The van der Waals surface area contributed by atoms with Crippen LogP contribution in [-0.4, -0.2) is 39.7 Å². The highest BCUT2D eigenvalue weighted by atomic mass is 15.1. The zero-order valence-corrected chi connectivity index (χ0v) is 16.6. The molecular weight excluding hydrogens is 356 g/mol. The standard InChI is InChI=1S/C25H26N4/c1-2-5-22-16-19(7-8-20(22)4-1)9-13-29-14-10-21(11-15-29)24-17-25(28-27-24)23-6-3-12-26-18-23/h1-8,12,16-18,21H,9-11,13-15H2,(H,27,28). The third-order valence-corrected chi connectivity index (χ3v) is 6.11. The summed E-state index contributed by atoms with van der Waals surface area (Å²) in [5.74, 6) is 0.574. The van der Waals surface area contributed by atoms with E-state index in [0.29, 0.717) is 5.92 Å². The molecule has 1 fully saturated rings. The highest BCUT2D eigenvalue weighted by molar-refractivity contribution is 5.82. The maximum Gasteiger partial charge on any atom is 0.0939 e. The first kappa shape index (κ1) is 18.1. The fraction of sp³-hybridized carbons (Fsp3) is 0.280. The summed E-state index contributed by atoms with van der Waals surface area (Å²) in [6, 6.07) is 21.7. The molecule has 4 aromatic rings. The molecule has 0 unspecified atom stereocenters. The molecule has 0 saturated carbocycles. The van der Waals surface area contributed by atoms with Crippen molar-refractivity contribution in [2.75, 3.05) is 19.6 Å². The van der Waals surface area contributed by atoms with Crippen molar-refractivity contribution in [3.8, 4) is 11.3 Å². The van der Waals surface area contributed by atoms with Gasteiger partial charge < -0.3 is 4.90 Å². The number of nitrogens with zero attached hydrogens (tertiary/aromatic N) is 3. The molecule has 29 heavy (non-hydrogen) atoms. The van der Waals surface area contributed by atoms with Crippen molar-refractivity contribution in [1.29, 1.82) is 0 Å². The first-order chi connectivity index (χ1) is 14.3. The van der Waals surface area contributed by atoms with Crippen LogP contribution in [0.15, 0.2) is 73.1 Å². The van der Waals surface area contributed by atoms with E-state index in [9.17, 15) is 0 Å². The number of H-pyrrole nitrogens is 1. The van der Waals surface area contributed by atoms with Crippen LogP contribution in [0.3, 0.4) is 0 Å². The smallest absolute Gasteiger partial charge is 0.0939 e. The van der Waals surface area contributed by atoms with E-state index in [1.807, 2.05) is 12.3 Å². The lowest BCUT2D eigenvalue weighted by molar-refractivity contribution is 0.213. The Hall–Kier alpha value is -2.98. The lowest BCUT2D eigenvalue weighted by atomic mass is 9.93. The molecule has 1 aliphatic rings. The number of aromatic nitrogens is 3. The first-order valence-electron chi connectivity index (χ1n) is 10.5. The van der Waals surface area contributed by atoms with Gasteiger partial charge >= 0.3 is 0 Å². The average Bonchev–Trinajstić information content (AvgIpc) is 3.29. The third kappa shape index (κ3) is 4.08. The molecule has 1 N–H and O–H groups in total. The number of hydrogen-bond acceptors (Lipinski definition) is 3. The number of likely N-dealkylation sites (tertiary alicyclic amines) is 1. The fourth-order valence-electron chi connectivity index (χ4n) is 4.36. The van der Waals surface area contributed by atoms with Crippen molar-refractivity contribution in [3.05, 3.63) is 84.3 Å². The lowest BCUT2D eigenvalue weighted by Crippen LogP contribution is -2.34. The Balaban J connectivity index is 1.16. The van der Waals surface area contributed by atoms with Gasteiger partial charge in [0, 0.05) is 36.1 Å². The minimum atomic E-state index is 0.574. The Morgan fingerprint density at radius 1 is 0.931 bits per heavy atom. The van der Waals surface area contributed by atoms with Crippen molar-refractivity contribution >= 4 is 10.8 Å². The van der Waals surface area contributed by atoms with Crippen molar-refractivity contribution in [2.24, 2.45) is 0 Å². The number of hydrogen-bond donors (Lipinski definition) is 1. The molecule has 2 aromatic carbocycles. The molecule has 3 heterocycles. The Kier molecular flexibility index (Phi) is 5.10. The molecule has 1 saturated heterocycles. The highest BCUT2D eigenvalue weighted by Gasteiger charge is 2.22. The van der Waals surface area contributed by atoms with Crippen LogP contribution in [0.5, 0.6) is 0 Å². The molecule has 0 radical (unpaired) electrons. The van der Waals surface area contributed by atoms with E-state index < -0.39 is 0 Å². The maximum absolute atomic E-state index is 4.50. The van der Waals surface area contributed by atoms with Crippen LogP contribution in [0.1, 0.15) is 30.0 Å². The van der Waals surface area contributed by atoms with E-state index in [1.165, 1.54) is 34.9 Å². The predicted octanol–water partition coefficient (Wildman–Crippen LogP) is 5.05. The van der Waals surface area contributed by atoms with E-state index in [-0.39, 0.29) is 0 Å². The van der Waals surface area contributed by atoms with Crippen molar-refractivity contribution in [3.63, 3.8) is 0 Å². The predicted molar refractivity (Wildman–Crippen MR) is 118 cm³/mol. The van der Waals surface area contributed by atoms with Gasteiger partial charge in [0.05, 0.1) is 5.69 Å². The summed E-state index contributed by atoms with van der Waals surface area (Å²) < 4.78 is 0. The second kappa shape index (κ2) is 8.18. The number of piperidine rings is 1. The number of nitrogens with one attached hydrogen (secondary N) is 1. The molecule has 0 bridgehead atoms. The van der Waals surface area contributed by atoms with E-state index in [2.05, 4.69) is 74.7 Å². The molecule has 4 nitrogen and oxygen atoms in total. The Labute approximate surface area is 171 Å². The van der Waals surface area contributed by atoms with Crippen molar-refractivity contribution in [2.45, 2.75) is 25.2 Å². The second-order valence-corrected chi connectivity index (χ2v) is 8.00. The summed E-state index contributed by atoms with van der Waals surface area (Å²) in [4.78, 5) is 6.80. The van der Waals surface area contributed by atoms with Gasteiger partial charge in [-0.15, -0.1) is 0 Å². The number of pyridine rings is 1. The molecule has 4 heteroatoms. The average molecular weight is 383 g/mol. The Bertz CT molecular complexity index is 1080. The normalized spacial score (nSPS) is 15.7. The second-order valence-electron chi connectivity index (χ2n) is 8.00. The van der Waals surface area contributed by atoms with E-state index >= 15 is 0 Å². The summed E-state index contributed by atoms with van der Waals surface area (Å²) in [5, 5.41) is 10.4. The zero-order chi connectivity index (χ0) is 19.5. The van der Waals surface area contributed by atoms with Crippen LogP contribution in [0.4, 0.5) is 0 Å². The summed E-state index contributed by atoms with van der Waals surface area (Å²) in [6.45, 7) is 3.44. The minimum Gasteiger partial charge on any atom is -0.303 e. The number of aromatic amines is 1. The van der Waals surface area contributed by atoms with Crippen molar-refractivity contribution in [1.82, 2.24) is 20.1 Å². The van der Waals surface area contributed by atoms with Gasteiger partial charge in [0.25, 0.3) is 0 Å². The molecule has 5 rings (SSSR count). The van der Waals surface area contributed by atoms with Crippen LogP contribution >= 0.6 is 0 Å². The van der Waals surface area contributed by atoms with E-state index in [4.69, 9.17) is 0 Å². The minimum absolute atomic E-state index is 0.574. The molecule has 0 amide bonds. The number of fused-ring (bicyclic) bond motifs is 1. The number of benzene rings is 2. The van der Waals surface area contributed by atoms with Crippen LogP contribution < -0.4 is 0 Å². The van der Waals surface area contributed by atoms with Gasteiger partial charge in [-0.1, -0.05) is 42.5 Å². The molecule has 0 spiro atoms. The van der Waals surface area contributed by atoms with Crippen molar-refractivity contribution < 1.29 is 0 Å². The van der Waals surface area contributed by atoms with Gasteiger partial charge in [-0.2, -0.15) is 5.10 Å². The topological polar surface area (TPSA) is 44.8 Å². The quantitative estimate of drug-likeness (QED) is 0.525. The van der Waals surface area contributed by atoms with Crippen LogP contribution in [-0.2, 0) is 6.42 Å². The Morgan fingerprint density at radius 3 is 2.62 bits per heavy atom. The highest BCUT2D eigenvalue weighted by Crippen LogP contribution is 2.29. The number of rotatable bonds is 5. The maximum atomic E-state index is 4.50. The largest absolute Gasteiger partial charge is 0.303 e. The van der Waals surface area contributed by atoms with Gasteiger partial charge in [0.2, 0.25) is 0 Å². The van der Waals surface area contributed by atoms with Gasteiger partial charge in [0.15, 0.2) is 0 Å². The lowest BCUT2D eigenvalue weighted by Gasteiger charge is -2.31. The summed E-state index contributed by atoms with van der Waals surface area (Å²) in [6.07, 6.45) is 7.16. The first-order valence-corrected chi connectivity index (χ1v) is 10.5. The molecule has 0 aliphatic carbocycles. The molecular formula is C25H26N4. The molecule has 0 atom stereocenters. The fourth-order valence-corrected chi connectivity index (χ4v) is 4.36. The monoisotopic (exact) mass is 382 g/mol. The Morgan fingerprint density at radius 2 is 1.79 bits per heavy atom. The van der Waals surface area contributed by atoms with E-state index in [0.717, 1.165) is 37.3 Å². The van der Waals surface area contributed by atoms with E-state index in [1.54, 1.807) is 6.20 Å². The third-order valence-electron chi connectivity index (χ3n) is 6.11. The van der Waals surface area contributed by atoms with Gasteiger partial charge in [-0.25, -0.2) is 0 Å². The zero-order valence-electron chi connectivity index (χ0n) is 16.6. The SMILES string of the molecule is c1cncc(-c2cc(C3CCN(CCc4ccc5ccccc5c4)CC3)[nH]n2)c1. The van der Waals surface area contributed by atoms with Gasteiger partial charge in [-0.05, 0) is 66.9 Å². The van der Waals surface area contributed by atoms with Gasteiger partial charge in [0.1, 0.15) is 0 Å². The molecule has 1 aliphatic heterocycles. The van der Waals surface area contributed by atoms with Crippen LogP contribution in [0.25, 0.3) is 22.0 Å². The van der Waals surface area contributed by atoms with Crippen LogP contribution in [0, 0.1) is 0 Å². The summed E-state index contributed by atoms with van der Waals surface area (Å²) in [5.41, 5.74) is 4.76. The van der Waals surface area contributed by atoms with Crippen LogP contribution in [0.2, 0.25) is 0 Å². The summed E-state index contributed by atoms with van der Waals surface area (Å²) >= 11 is 0. The molecule has 146 valence electrons.